The predicted molar refractivity (Wildman–Crippen MR) is 101 cm³/mol. The number of halogens is 1. The molecule has 0 saturated heterocycles. The summed E-state index contributed by atoms with van der Waals surface area (Å²) in [6, 6.07) is 0.294. The lowest BCUT2D eigenvalue weighted by Crippen LogP contribution is -2.47. The fourth-order valence-corrected chi connectivity index (χ4v) is 3.49. The van der Waals surface area contributed by atoms with Crippen LogP contribution in [0, 0.1) is 5.41 Å². The summed E-state index contributed by atoms with van der Waals surface area (Å²) >= 11 is 6.02. The highest BCUT2D eigenvalue weighted by molar-refractivity contribution is 6.28. The fourth-order valence-electron chi connectivity index (χ4n) is 3.36. The van der Waals surface area contributed by atoms with Crippen LogP contribution in [-0.2, 0) is 9.53 Å². The molecule has 7 heteroatoms. The molecule has 1 heterocycles. The van der Waals surface area contributed by atoms with E-state index < -0.39 is 5.41 Å². The molecule has 0 aromatic carbocycles. The van der Waals surface area contributed by atoms with Crippen LogP contribution >= 0.6 is 11.6 Å². The lowest BCUT2D eigenvalue weighted by atomic mass is 9.85. The molecule has 0 spiro atoms. The van der Waals surface area contributed by atoms with Crippen LogP contribution in [0.25, 0.3) is 0 Å². The fraction of sp³-hybridized carbons (Fsp3) is 0.722. The van der Waals surface area contributed by atoms with Gasteiger partial charge in [0.15, 0.2) is 5.82 Å². The van der Waals surface area contributed by atoms with Crippen molar-refractivity contribution in [1.29, 1.82) is 0 Å². The van der Waals surface area contributed by atoms with Crippen LogP contribution < -0.4 is 10.6 Å². The Balaban J connectivity index is 2.37. The Morgan fingerprint density at radius 3 is 2.68 bits per heavy atom. The maximum atomic E-state index is 12.6. The van der Waals surface area contributed by atoms with Crippen molar-refractivity contribution in [3.05, 3.63) is 11.5 Å². The van der Waals surface area contributed by atoms with Gasteiger partial charge < -0.3 is 15.4 Å². The molecule has 1 fully saturated rings. The van der Waals surface area contributed by atoms with Crippen molar-refractivity contribution < 1.29 is 9.53 Å². The first-order chi connectivity index (χ1) is 11.9. The standard InChI is InChI=1S/C18H29ClN4O2/c1-4-18(3,16(24)25-5-2)12-23(13-9-7-6-8-10-13)15-14(20)11-21-17(19)22-15/h11,13H,4-10,12,20H2,1-3H3. The third-order valence-electron chi connectivity index (χ3n) is 5.12. The number of nitrogens with zero attached hydrogens (tertiary/aromatic N) is 3. The lowest BCUT2D eigenvalue weighted by Gasteiger charge is -2.40. The zero-order chi connectivity index (χ0) is 18.4. The van der Waals surface area contributed by atoms with E-state index >= 15 is 0 Å². The highest BCUT2D eigenvalue weighted by Gasteiger charge is 2.38. The normalized spacial score (nSPS) is 17.8. The summed E-state index contributed by atoms with van der Waals surface area (Å²) in [6.45, 7) is 6.66. The van der Waals surface area contributed by atoms with E-state index in [1.807, 2.05) is 20.8 Å². The van der Waals surface area contributed by atoms with Crippen molar-refractivity contribution in [2.45, 2.75) is 65.3 Å². The van der Waals surface area contributed by atoms with Gasteiger partial charge in [0, 0.05) is 12.6 Å². The number of anilines is 2. The van der Waals surface area contributed by atoms with Gasteiger partial charge in [-0.3, -0.25) is 4.79 Å². The number of carbonyl (C=O) groups excluding carboxylic acids is 1. The van der Waals surface area contributed by atoms with Crippen LogP contribution in [0.15, 0.2) is 6.20 Å². The van der Waals surface area contributed by atoms with E-state index in [2.05, 4.69) is 14.9 Å². The van der Waals surface area contributed by atoms with Gasteiger partial charge >= 0.3 is 5.97 Å². The summed E-state index contributed by atoms with van der Waals surface area (Å²) in [5.41, 5.74) is 6.01. The Bertz CT molecular complexity index is 592. The molecule has 2 N–H and O–H groups in total. The summed E-state index contributed by atoms with van der Waals surface area (Å²) in [4.78, 5) is 23.0. The first kappa shape index (κ1) is 19.8. The van der Waals surface area contributed by atoms with Crippen LogP contribution in [0.5, 0.6) is 0 Å². The molecule has 25 heavy (non-hydrogen) atoms. The topological polar surface area (TPSA) is 81.3 Å². The Hall–Kier alpha value is -1.56. The molecule has 6 nitrogen and oxygen atoms in total. The third kappa shape index (κ3) is 4.75. The van der Waals surface area contributed by atoms with Gasteiger partial charge in [0.1, 0.15) is 0 Å². The average molecular weight is 369 g/mol. The number of aromatic nitrogens is 2. The van der Waals surface area contributed by atoms with E-state index in [1.165, 1.54) is 25.5 Å². The van der Waals surface area contributed by atoms with Crippen LogP contribution in [0.3, 0.4) is 0 Å². The number of rotatable bonds is 7. The second kappa shape index (κ2) is 8.70. The van der Waals surface area contributed by atoms with E-state index in [0.29, 0.717) is 37.1 Å². The molecular formula is C18H29ClN4O2. The summed E-state index contributed by atoms with van der Waals surface area (Å²) in [7, 11) is 0. The lowest BCUT2D eigenvalue weighted by molar-refractivity contribution is -0.154. The van der Waals surface area contributed by atoms with Gasteiger partial charge in [-0.15, -0.1) is 0 Å². The highest BCUT2D eigenvalue weighted by atomic mass is 35.5. The summed E-state index contributed by atoms with van der Waals surface area (Å²) < 4.78 is 5.32. The van der Waals surface area contributed by atoms with Gasteiger partial charge in [-0.2, -0.15) is 4.98 Å². The Morgan fingerprint density at radius 2 is 2.08 bits per heavy atom. The zero-order valence-electron chi connectivity index (χ0n) is 15.4. The number of nitrogens with two attached hydrogens (primary N) is 1. The Kier molecular flexibility index (Phi) is 6.87. The molecule has 1 aliphatic rings. The number of carbonyl (C=O) groups is 1. The first-order valence-electron chi connectivity index (χ1n) is 9.13. The van der Waals surface area contributed by atoms with Crippen molar-refractivity contribution >= 4 is 29.1 Å². The van der Waals surface area contributed by atoms with Crippen LogP contribution in [0.4, 0.5) is 11.5 Å². The number of hydrogen-bond donors (Lipinski definition) is 1. The highest BCUT2D eigenvalue weighted by Crippen LogP contribution is 2.34. The molecule has 1 aromatic heterocycles. The maximum absolute atomic E-state index is 12.6. The van der Waals surface area contributed by atoms with E-state index in [9.17, 15) is 4.79 Å². The first-order valence-corrected chi connectivity index (χ1v) is 9.51. The third-order valence-corrected chi connectivity index (χ3v) is 5.30. The number of esters is 1. The molecule has 1 aromatic rings. The van der Waals surface area contributed by atoms with Crippen molar-refractivity contribution in [2.24, 2.45) is 5.41 Å². The van der Waals surface area contributed by atoms with Crippen molar-refractivity contribution in [1.82, 2.24) is 9.97 Å². The van der Waals surface area contributed by atoms with Gasteiger partial charge in [0.05, 0.1) is 23.9 Å². The molecule has 140 valence electrons. The average Bonchev–Trinajstić information content (AvgIpc) is 2.62. The molecule has 1 saturated carbocycles. The van der Waals surface area contributed by atoms with Gasteiger partial charge in [-0.05, 0) is 44.7 Å². The Labute approximate surface area is 155 Å². The summed E-state index contributed by atoms with van der Waals surface area (Å²) in [5.74, 6) is 0.438. The second-order valence-corrected chi connectivity index (χ2v) is 7.31. The molecule has 0 radical (unpaired) electrons. The molecule has 1 atom stereocenters. The van der Waals surface area contributed by atoms with E-state index in [0.717, 1.165) is 12.8 Å². The molecule has 1 unspecified atom stereocenters. The van der Waals surface area contributed by atoms with E-state index in [4.69, 9.17) is 22.1 Å². The van der Waals surface area contributed by atoms with Crippen molar-refractivity contribution in [3.63, 3.8) is 0 Å². The Morgan fingerprint density at radius 1 is 1.40 bits per heavy atom. The molecule has 2 rings (SSSR count). The van der Waals surface area contributed by atoms with Gasteiger partial charge in [-0.1, -0.05) is 26.2 Å². The van der Waals surface area contributed by atoms with Gasteiger partial charge in [-0.25, -0.2) is 4.98 Å². The van der Waals surface area contributed by atoms with Gasteiger partial charge in [0.25, 0.3) is 0 Å². The quantitative estimate of drug-likeness (QED) is 0.581. The van der Waals surface area contributed by atoms with Crippen molar-refractivity contribution in [3.8, 4) is 0 Å². The van der Waals surface area contributed by atoms with Crippen molar-refractivity contribution in [2.75, 3.05) is 23.8 Å². The largest absolute Gasteiger partial charge is 0.466 e. The molecular weight excluding hydrogens is 340 g/mol. The SMILES string of the molecule is CCOC(=O)C(C)(CC)CN(c1nc(Cl)ncc1N)C1CCCCC1. The summed E-state index contributed by atoms with van der Waals surface area (Å²) in [6.07, 6.45) is 7.91. The predicted octanol–water partition coefficient (Wildman–Crippen LogP) is 3.83. The number of ether oxygens (including phenoxy) is 1. The molecule has 0 bridgehead atoms. The molecule has 1 aliphatic carbocycles. The van der Waals surface area contributed by atoms with E-state index in [1.54, 1.807) is 0 Å². The van der Waals surface area contributed by atoms with Crippen LogP contribution in [-0.4, -0.2) is 35.1 Å². The molecule has 0 aliphatic heterocycles. The summed E-state index contributed by atoms with van der Waals surface area (Å²) in [5, 5.41) is 0.166. The number of nitrogen functional groups attached to an aromatic ring is 1. The second-order valence-electron chi connectivity index (χ2n) is 6.97. The smallest absolute Gasteiger partial charge is 0.313 e. The van der Waals surface area contributed by atoms with Gasteiger partial charge in [0.2, 0.25) is 5.28 Å². The maximum Gasteiger partial charge on any atom is 0.313 e. The molecule has 0 amide bonds. The number of hydrogen-bond acceptors (Lipinski definition) is 6. The van der Waals surface area contributed by atoms with Crippen LogP contribution in [0.1, 0.15) is 59.3 Å². The van der Waals surface area contributed by atoms with Crippen LogP contribution in [0.2, 0.25) is 5.28 Å². The van der Waals surface area contributed by atoms with E-state index in [-0.39, 0.29) is 11.3 Å². The minimum Gasteiger partial charge on any atom is -0.466 e. The minimum atomic E-state index is -0.628. The monoisotopic (exact) mass is 368 g/mol. The zero-order valence-corrected chi connectivity index (χ0v) is 16.2. The minimum absolute atomic E-state index is 0.166.